The minimum absolute atomic E-state index is 0.813. The van der Waals surface area contributed by atoms with E-state index in [1.165, 1.54) is 16.0 Å². The van der Waals surface area contributed by atoms with Crippen LogP contribution in [-0.2, 0) is 13.0 Å². The van der Waals surface area contributed by atoms with E-state index in [2.05, 4.69) is 46.7 Å². The van der Waals surface area contributed by atoms with Crippen LogP contribution in [0.1, 0.15) is 10.6 Å². The Morgan fingerprint density at radius 1 is 1.04 bits per heavy atom. The molecule has 0 aliphatic heterocycles. The Hall–Kier alpha value is -2.17. The number of methoxy groups -OCH3 is 1. The molecule has 1 aromatic heterocycles. The highest BCUT2D eigenvalue weighted by atomic mass is 32.1. The normalized spacial score (nSPS) is 10.7. The maximum absolute atomic E-state index is 5.19. The predicted octanol–water partition coefficient (Wildman–Crippen LogP) is 4.15. The number of ether oxygens (including phenoxy) is 1. The van der Waals surface area contributed by atoms with Crippen LogP contribution in [0, 0.1) is 0 Å². The maximum Gasteiger partial charge on any atom is 0.118 e. The molecule has 0 saturated carbocycles. The molecule has 0 unspecified atom stereocenters. The molecule has 0 radical (unpaired) electrons. The van der Waals surface area contributed by atoms with Crippen LogP contribution in [-0.4, -0.2) is 18.6 Å². The summed E-state index contributed by atoms with van der Waals surface area (Å²) in [5.74, 6) is 0.876. The molecule has 0 aliphatic carbocycles. The van der Waals surface area contributed by atoms with Gasteiger partial charge >= 0.3 is 0 Å². The third-order valence-electron chi connectivity index (χ3n) is 3.64. The highest BCUT2D eigenvalue weighted by Crippen LogP contribution is 2.27. The lowest BCUT2D eigenvalue weighted by atomic mass is 10.1. The van der Waals surface area contributed by atoms with Crippen molar-refractivity contribution in [3.05, 3.63) is 71.4 Å². The fourth-order valence-electron chi connectivity index (χ4n) is 2.35. The highest BCUT2D eigenvalue weighted by Gasteiger charge is 2.04. The van der Waals surface area contributed by atoms with Crippen LogP contribution >= 0.6 is 11.3 Å². The first-order chi connectivity index (χ1) is 11.3. The van der Waals surface area contributed by atoms with Crippen molar-refractivity contribution >= 4 is 11.3 Å². The fourth-order valence-corrected chi connectivity index (χ4v) is 3.25. The number of hydrogen-bond donors (Lipinski definition) is 1. The maximum atomic E-state index is 5.19. The second kappa shape index (κ2) is 7.90. The van der Waals surface area contributed by atoms with E-state index in [9.17, 15) is 0 Å². The minimum Gasteiger partial charge on any atom is -0.497 e. The van der Waals surface area contributed by atoms with Crippen LogP contribution in [0.25, 0.3) is 10.4 Å². The summed E-state index contributed by atoms with van der Waals surface area (Å²) in [5, 5.41) is 4.58. The Morgan fingerprint density at radius 2 is 1.83 bits per heavy atom. The van der Waals surface area contributed by atoms with Crippen LogP contribution < -0.4 is 10.1 Å². The smallest absolute Gasteiger partial charge is 0.118 e. The molecule has 3 aromatic rings. The summed E-state index contributed by atoms with van der Waals surface area (Å²) in [5.41, 5.74) is 2.54. The van der Waals surface area contributed by atoms with Gasteiger partial charge in [0.15, 0.2) is 0 Å². The average molecular weight is 324 g/mol. The quantitative estimate of drug-likeness (QED) is 0.663. The second-order valence-electron chi connectivity index (χ2n) is 5.26. The van der Waals surface area contributed by atoms with Crippen molar-refractivity contribution in [2.24, 2.45) is 0 Å². The average Bonchev–Trinajstić information content (AvgIpc) is 3.09. The number of aromatic nitrogens is 1. The molecule has 0 fully saturated rings. The summed E-state index contributed by atoms with van der Waals surface area (Å²) < 4.78 is 5.19. The number of rotatable bonds is 7. The van der Waals surface area contributed by atoms with E-state index >= 15 is 0 Å². The molecule has 118 valence electrons. The van der Waals surface area contributed by atoms with Crippen LogP contribution in [0.5, 0.6) is 5.75 Å². The molecule has 23 heavy (non-hydrogen) atoms. The number of thiazole rings is 1. The van der Waals surface area contributed by atoms with Gasteiger partial charge < -0.3 is 10.1 Å². The molecule has 0 aliphatic rings. The molecule has 0 saturated heterocycles. The molecule has 3 nitrogen and oxygen atoms in total. The van der Waals surface area contributed by atoms with Gasteiger partial charge in [0.25, 0.3) is 0 Å². The largest absolute Gasteiger partial charge is 0.497 e. The van der Waals surface area contributed by atoms with Gasteiger partial charge in [0, 0.05) is 12.7 Å². The van der Waals surface area contributed by atoms with Crippen LogP contribution in [0.4, 0.5) is 0 Å². The van der Waals surface area contributed by atoms with E-state index in [4.69, 9.17) is 4.74 Å². The van der Waals surface area contributed by atoms with E-state index in [-0.39, 0.29) is 0 Å². The molecular formula is C19H20N2OS. The van der Waals surface area contributed by atoms with Gasteiger partial charge in [-0.3, -0.25) is 0 Å². The molecule has 3 rings (SSSR count). The summed E-state index contributed by atoms with van der Waals surface area (Å²) in [6.07, 6.45) is 2.98. The monoisotopic (exact) mass is 324 g/mol. The topological polar surface area (TPSA) is 34.1 Å². The summed E-state index contributed by atoms with van der Waals surface area (Å²) in [6, 6.07) is 18.6. The Kier molecular flexibility index (Phi) is 5.40. The van der Waals surface area contributed by atoms with Gasteiger partial charge in [-0.25, -0.2) is 4.98 Å². The van der Waals surface area contributed by atoms with E-state index in [1.807, 2.05) is 24.4 Å². The Labute approximate surface area is 141 Å². The molecule has 0 amide bonds. The third kappa shape index (κ3) is 4.41. The van der Waals surface area contributed by atoms with Crippen molar-refractivity contribution in [1.29, 1.82) is 0 Å². The van der Waals surface area contributed by atoms with Crippen molar-refractivity contribution in [1.82, 2.24) is 10.3 Å². The predicted molar refractivity (Wildman–Crippen MR) is 96.0 cm³/mol. The first kappa shape index (κ1) is 15.7. The molecule has 2 aromatic carbocycles. The number of benzene rings is 2. The summed E-state index contributed by atoms with van der Waals surface area (Å²) in [6.45, 7) is 1.77. The molecular weight excluding hydrogens is 304 g/mol. The fraction of sp³-hybridized carbons (Fsp3) is 0.211. The number of nitrogens with one attached hydrogen (secondary N) is 1. The van der Waals surface area contributed by atoms with Crippen molar-refractivity contribution in [2.75, 3.05) is 13.7 Å². The zero-order valence-electron chi connectivity index (χ0n) is 13.2. The van der Waals surface area contributed by atoms with Gasteiger partial charge in [0.1, 0.15) is 10.8 Å². The van der Waals surface area contributed by atoms with E-state index in [0.29, 0.717) is 0 Å². The van der Waals surface area contributed by atoms with Crippen LogP contribution in [0.2, 0.25) is 0 Å². The first-order valence-electron chi connectivity index (χ1n) is 7.69. The Balaban J connectivity index is 1.51. The van der Waals surface area contributed by atoms with E-state index in [1.54, 1.807) is 18.4 Å². The van der Waals surface area contributed by atoms with Crippen molar-refractivity contribution in [2.45, 2.75) is 13.0 Å². The van der Waals surface area contributed by atoms with Crippen molar-refractivity contribution < 1.29 is 4.74 Å². The van der Waals surface area contributed by atoms with Crippen LogP contribution in [0.3, 0.4) is 0 Å². The van der Waals surface area contributed by atoms with E-state index < -0.39 is 0 Å². The Morgan fingerprint density at radius 3 is 2.57 bits per heavy atom. The zero-order chi connectivity index (χ0) is 15.9. The van der Waals surface area contributed by atoms with Gasteiger partial charge in [0.05, 0.1) is 12.0 Å². The van der Waals surface area contributed by atoms with Gasteiger partial charge in [-0.05, 0) is 48.4 Å². The lowest BCUT2D eigenvalue weighted by molar-refractivity contribution is 0.415. The summed E-state index contributed by atoms with van der Waals surface area (Å²) >= 11 is 1.73. The molecule has 1 N–H and O–H groups in total. The molecule has 4 heteroatoms. The van der Waals surface area contributed by atoms with Crippen molar-refractivity contribution in [3.63, 3.8) is 0 Å². The SMILES string of the molecule is COc1ccc(-c2cnc(CNCCc3ccccc3)s2)cc1. The minimum atomic E-state index is 0.813. The standard InChI is InChI=1S/C19H20N2OS/c1-22-17-9-7-16(8-10-17)18-13-21-19(23-18)14-20-12-11-15-5-3-2-4-6-15/h2-10,13,20H,11-12,14H2,1H3. The number of hydrogen-bond acceptors (Lipinski definition) is 4. The van der Waals surface area contributed by atoms with Gasteiger partial charge in [0.2, 0.25) is 0 Å². The summed E-state index contributed by atoms with van der Waals surface area (Å²) in [4.78, 5) is 5.69. The van der Waals surface area contributed by atoms with Crippen LogP contribution in [0.15, 0.2) is 60.8 Å². The summed E-state index contributed by atoms with van der Waals surface area (Å²) in [7, 11) is 1.68. The highest BCUT2D eigenvalue weighted by molar-refractivity contribution is 7.15. The van der Waals surface area contributed by atoms with Gasteiger partial charge in [-0.15, -0.1) is 11.3 Å². The second-order valence-corrected chi connectivity index (χ2v) is 6.37. The zero-order valence-corrected chi connectivity index (χ0v) is 14.0. The molecule has 0 atom stereocenters. The lowest BCUT2D eigenvalue weighted by Crippen LogP contribution is -2.16. The van der Waals surface area contributed by atoms with Gasteiger partial charge in [-0.2, -0.15) is 0 Å². The first-order valence-corrected chi connectivity index (χ1v) is 8.50. The van der Waals surface area contributed by atoms with Crippen molar-refractivity contribution in [3.8, 4) is 16.2 Å². The molecule has 0 spiro atoms. The lowest BCUT2D eigenvalue weighted by Gasteiger charge is -2.03. The number of nitrogens with zero attached hydrogens (tertiary/aromatic N) is 1. The molecule has 0 bridgehead atoms. The van der Waals surface area contributed by atoms with E-state index in [0.717, 1.165) is 30.3 Å². The Bertz CT molecular complexity index is 723. The third-order valence-corrected chi connectivity index (χ3v) is 4.68. The molecule has 1 heterocycles. The van der Waals surface area contributed by atoms with Gasteiger partial charge in [-0.1, -0.05) is 30.3 Å².